The lowest BCUT2D eigenvalue weighted by molar-refractivity contribution is -0.384. The molecule has 0 bridgehead atoms. The van der Waals surface area contributed by atoms with Gasteiger partial charge in [0, 0.05) is 23.8 Å². The predicted octanol–water partition coefficient (Wildman–Crippen LogP) is 4.74. The average molecular weight is 624 g/mol. The second kappa shape index (κ2) is 11.1. The standard InChI is InChI=1S/C28H22BrN3O7S/c1-4-38-27(34)24-15(2)30-28-31(25(24)17-7-11-22(37-3)20(29)13-17)26(33)23(40-28)14-19-10-12-21(39-19)16-5-8-18(9-6-16)32(35)36/h5-14,25H,4H2,1-3H3/b23-14+/t25-/m1/s1. The Labute approximate surface area is 239 Å². The van der Waals surface area contributed by atoms with Gasteiger partial charge in [0.05, 0.1) is 45.0 Å². The van der Waals surface area contributed by atoms with Crippen LogP contribution >= 0.6 is 27.3 Å². The summed E-state index contributed by atoms with van der Waals surface area (Å²) in [6.45, 7) is 3.61. The number of esters is 1. The number of halogens is 1. The summed E-state index contributed by atoms with van der Waals surface area (Å²) in [7, 11) is 1.55. The van der Waals surface area contributed by atoms with Crippen LogP contribution in [0.15, 0.2) is 84.5 Å². The summed E-state index contributed by atoms with van der Waals surface area (Å²) in [6.07, 6.45) is 1.61. The second-order valence-electron chi connectivity index (χ2n) is 8.70. The van der Waals surface area contributed by atoms with Gasteiger partial charge in [-0.3, -0.25) is 19.5 Å². The number of nitro groups is 1. The van der Waals surface area contributed by atoms with Crippen molar-refractivity contribution >= 4 is 45.0 Å². The number of furan rings is 1. The number of rotatable bonds is 7. The van der Waals surface area contributed by atoms with Gasteiger partial charge >= 0.3 is 5.97 Å². The third-order valence-electron chi connectivity index (χ3n) is 6.27. The summed E-state index contributed by atoms with van der Waals surface area (Å²) in [5, 5.41) is 10.9. The Morgan fingerprint density at radius 3 is 2.62 bits per heavy atom. The highest BCUT2D eigenvalue weighted by atomic mass is 79.9. The van der Waals surface area contributed by atoms with E-state index in [9.17, 15) is 19.7 Å². The smallest absolute Gasteiger partial charge is 0.338 e. The third kappa shape index (κ3) is 5.03. The molecule has 0 N–H and O–H groups in total. The molecule has 0 unspecified atom stereocenters. The molecular formula is C28H22BrN3O7S. The zero-order chi connectivity index (χ0) is 28.6. The first kappa shape index (κ1) is 27.3. The molecule has 3 heterocycles. The van der Waals surface area contributed by atoms with Crippen LogP contribution < -0.4 is 19.6 Å². The first-order valence-electron chi connectivity index (χ1n) is 12.1. The molecule has 0 amide bonds. The molecule has 10 nitrogen and oxygen atoms in total. The molecule has 0 saturated heterocycles. The molecule has 204 valence electrons. The van der Waals surface area contributed by atoms with E-state index >= 15 is 0 Å². The Kier molecular flexibility index (Phi) is 7.55. The molecule has 4 aromatic rings. The largest absolute Gasteiger partial charge is 0.496 e. The molecule has 0 radical (unpaired) electrons. The van der Waals surface area contributed by atoms with E-state index in [0.717, 1.165) is 0 Å². The lowest BCUT2D eigenvalue weighted by atomic mass is 9.96. The molecule has 40 heavy (non-hydrogen) atoms. The number of benzene rings is 2. The van der Waals surface area contributed by atoms with E-state index in [2.05, 4.69) is 20.9 Å². The minimum absolute atomic E-state index is 0.0208. The van der Waals surface area contributed by atoms with E-state index < -0.39 is 16.9 Å². The van der Waals surface area contributed by atoms with E-state index in [4.69, 9.17) is 13.9 Å². The molecule has 0 aliphatic carbocycles. The fourth-order valence-corrected chi connectivity index (χ4v) is 6.01. The maximum absolute atomic E-state index is 13.8. The van der Waals surface area contributed by atoms with Crippen molar-refractivity contribution in [1.29, 1.82) is 0 Å². The van der Waals surface area contributed by atoms with Gasteiger partial charge in [-0.2, -0.15) is 0 Å². The number of aromatic nitrogens is 1. The summed E-state index contributed by atoms with van der Waals surface area (Å²) in [4.78, 5) is 42.3. The Morgan fingerprint density at radius 1 is 1.23 bits per heavy atom. The summed E-state index contributed by atoms with van der Waals surface area (Å²) in [5.74, 6) is 0.976. The van der Waals surface area contributed by atoms with Crippen LogP contribution in [0.2, 0.25) is 0 Å². The molecular weight excluding hydrogens is 602 g/mol. The van der Waals surface area contributed by atoms with Gasteiger partial charge in [-0.1, -0.05) is 17.4 Å². The van der Waals surface area contributed by atoms with E-state index in [1.165, 1.54) is 28.0 Å². The Hall–Kier alpha value is -4.29. The highest BCUT2D eigenvalue weighted by Crippen LogP contribution is 2.35. The van der Waals surface area contributed by atoms with Gasteiger partial charge in [-0.05, 0) is 71.7 Å². The van der Waals surface area contributed by atoms with Crippen LogP contribution in [0.3, 0.4) is 0 Å². The fraction of sp³-hybridized carbons (Fsp3) is 0.179. The van der Waals surface area contributed by atoms with Crippen LogP contribution in [-0.4, -0.2) is 29.2 Å². The molecule has 2 aromatic heterocycles. The van der Waals surface area contributed by atoms with E-state index in [-0.39, 0.29) is 23.4 Å². The molecule has 0 spiro atoms. The minimum atomic E-state index is -0.771. The van der Waals surface area contributed by atoms with E-state index in [1.54, 1.807) is 63.4 Å². The first-order chi connectivity index (χ1) is 19.2. The van der Waals surface area contributed by atoms with Gasteiger partial charge in [0.2, 0.25) is 0 Å². The normalized spacial score (nSPS) is 15.0. The SMILES string of the molecule is CCOC(=O)C1=C(C)N=c2s/c(=C/c3ccc(-c4ccc([N+](=O)[O-])cc4)o3)c(=O)n2[C@@H]1c1ccc(OC)c(Br)c1. The number of methoxy groups -OCH3 is 1. The topological polar surface area (TPSA) is 126 Å². The first-order valence-corrected chi connectivity index (χ1v) is 13.7. The van der Waals surface area contributed by atoms with Crippen molar-refractivity contribution in [2.45, 2.75) is 19.9 Å². The summed E-state index contributed by atoms with van der Waals surface area (Å²) in [6, 6.07) is 14.0. The van der Waals surface area contributed by atoms with Crippen LogP contribution in [0, 0.1) is 10.1 Å². The molecule has 2 aromatic carbocycles. The molecule has 5 rings (SSSR count). The summed E-state index contributed by atoms with van der Waals surface area (Å²) >= 11 is 4.68. The van der Waals surface area contributed by atoms with Crippen LogP contribution in [-0.2, 0) is 9.53 Å². The van der Waals surface area contributed by atoms with Crippen molar-refractivity contribution in [3.63, 3.8) is 0 Å². The van der Waals surface area contributed by atoms with Crippen LogP contribution in [0.5, 0.6) is 5.75 Å². The minimum Gasteiger partial charge on any atom is -0.496 e. The van der Waals surface area contributed by atoms with E-state index in [1.807, 2.05) is 6.07 Å². The molecule has 0 fully saturated rings. The van der Waals surface area contributed by atoms with Crippen molar-refractivity contribution in [2.24, 2.45) is 4.99 Å². The molecule has 12 heteroatoms. The predicted molar refractivity (Wildman–Crippen MR) is 152 cm³/mol. The zero-order valence-electron chi connectivity index (χ0n) is 21.5. The number of hydrogen-bond acceptors (Lipinski definition) is 9. The fourth-order valence-electron chi connectivity index (χ4n) is 4.42. The monoisotopic (exact) mass is 623 g/mol. The number of carbonyl (C=O) groups is 1. The Bertz CT molecular complexity index is 1850. The number of ether oxygens (including phenoxy) is 2. The Balaban J connectivity index is 1.61. The lowest BCUT2D eigenvalue weighted by Gasteiger charge is -2.25. The number of thiazole rings is 1. The molecule has 1 aliphatic heterocycles. The van der Waals surface area contributed by atoms with Gasteiger partial charge in [0.25, 0.3) is 11.2 Å². The van der Waals surface area contributed by atoms with Crippen LogP contribution in [0.1, 0.15) is 31.2 Å². The molecule has 1 aliphatic rings. The zero-order valence-corrected chi connectivity index (χ0v) is 23.9. The lowest BCUT2D eigenvalue weighted by Crippen LogP contribution is -2.39. The van der Waals surface area contributed by atoms with Crippen molar-refractivity contribution in [3.8, 4) is 17.1 Å². The molecule has 1 atom stereocenters. The maximum Gasteiger partial charge on any atom is 0.338 e. The van der Waals surface area contributed by atoms with E-state index in [0.29, 0.717) is 47.9 Å². The maximum atomic E-state index is 13.8. The quantitative estimate of drug-likeness (QED) is 0.165. The van der Waals surface area contributed by atoms with Crippen molar-refractivity contribution in [1.82, 2.24) is 4.57 Å². The van der Waals surface area contributed by atoms with Crippen molar-refractivity contribution in [3.05, 3.63) is 111 Å². The highest BCUT2D eigenvalue weighted by Gasteiger charge is 2.33. The number of nitro benzene ring substituents is 1. The van der Waals surface area contributed by atoms with Crippen LogP contribution in [0.4, 0.5) is 5.69 Å². The van der Waals surface area contributed by atoms with Gasteiger partial charge in [0.15, 0.2) is 4.80 Å². The number of carbonyl (C=O) groups excluding carboxylic acids is 1. The van der Waals surface area contributed by atoms with Gasteiger partial charge in [-0.15, -0.1) is 0 Å². The van der Waals surface area contributed by atoms with Gasteiger partial charge < -0.3 is 13.9 Å². The number of allylic oxidation sites excluding steroid dienone is 1. The number of nitrogens with zero attached hydrogens (tertiary/aromatic N) is 3. The second-order valence-corrected chi connectivity index (χ2v) is 10.6. The van der Waals surface area contributed by atoms with Crippen molar-refractivity contribution in [2.75, 3.05) is 13.7 Å². The number of non-ortho nitro benzene ring substituents is 1. The Morgan fingerprint density at radius 2 is 1.98 bits per heavy atom. The van der Waals surface area contributed by atoms with Gasteiger partial charge in [-0.25, -0.2) is 9.79 Å². The highest BCUT2D eigenvalue weighted by molar-refractivity contribution is 9.10. The average Bonchev–Trinajstić information content (AvgIpc) is 3.52. The number of fused-ring (bicyclic) bond motifs is 1. The third-order valence-corrected chi connectivity index (χ3v) is 7.87. The van der Waals surface area contributed by atoms with Gasteiger partial charge in [0.1, 0.15) is 17.3 Å². The summed E-state index contributed by atoms with van der Waals surface area (Å²) < 4.78 is 19.1. The number of hydrogen-bond donors (Lipinski definition) is 0. The van der Waals surface area contributed by atoms with Crippen LogP contribution in [0.25, 0.3) is 17.4 Å². The van der Waals surface area contributed by atoms with Crippen molar-refractivity contribution < 1.29 is 23.6 Å². The summed E-state index contributed by atoms with van der Waals surface area (Å²) in [5.41, 5.74) is 1.71. The molecule has 0 saturated carbocycles.